The van der Waals surface area contributed by atoms with Gasteiger partial charge in [-0.05, 0) is 12.3 Å². The van der Waals surface area contributed by atoms with E-state index in [1.807, 2.05) is 0 Å². The van der Waals surface area contributed by atoms with Gasteiger partial charge in [0.1, 0.15) is 18.5 Å². The predicted molar refractivity (Wildman–Crippen MR) is 75.9 cm³/mol. The molecule has 0 aromatic carbocycles. The second-order valence-corrected chi connectivity index (χ2v) is 4.69. The molecule has 0 bridgehead atoms. The summed E-state index contributed by atoms with van der Waals surface area (Å²) in [7, 11) is 0. The molecule has 0 spiro atoms. The molecule has 0 atom stereocenters. The van der Waals surface area contributed by atoms with Crippen LogP contribution in [0.25, 0.3) is 11.3 Å². The highest BCUT2D eigenvalue weighted by molar-refractivity contribution is 5.67. The van der Waals surface area contributed by atoms with E-state index in [1.54, 1.807) is 18.7 Å². The van der Waals surface area contributed by atoms with Gasteiger partial charge in [0, 0.05) is 30.1 Å². The molecule has 0 fully saturated rings. The van der Waals surface area contributed by atoms with Crippen molar-refractivity contribution >= 4 is 5.82 Å². The maximum Gasteiger partial charge on any atom is 0.133 e. The first-order valence-corrected chi connectivity index (χ1v) is 6.58. The Balaban J connectivity index is 2.49. The Kier molecular flexibility index (Phi) is 4.39. The summed E-state index contributed by atoms with van der Waals surface area (Å²) in [5.74, 6) is 1.24. The summed E-state index contributed by atoms with van der Waals surface area (Å²) in [6.45, 7) is 7.32. The molecule has 2 rings (SSSR count). The fourth-order valence-corrected chi connectivity index (χ4v) is 1.98. The minimum atomic E-state index is 0.329. The lowest BCUT2D eigenvalue weighted by molar-refractivity contribution is 0.843. The van der Waals surface area contributed by atoms with Crippen molar-refractivity contribution in [2.45, 2.75) is 33.1 Å². The number of hydrogen-bond acceptors (Lipinski definition) is 5. The quantitative estimate of drug-likeness (QED) is 0.892. The zero-order valence-corrected chi connectivity index (χ0v) is 11.6. The van der Waals surface area contributed by atoms with Crippen molar-refractivity contribution in [1.82, 2.24) is 19.9 Å². The third-order valence-corrected chi connectivity index (χ3v) is 2.84. The first-order chi connectivity index (χ1) is 9.24. The zero-order chi connectivity index (χ0) is 13.7. The van der Waals surface area contributed by atoms with Crippen LogP contribution in [0.15, 0.2) is 25.0 Å². The second-order valence-electron chi connectivity index (χ2n) is 4.69. The van der Waals surface area contributed by atoms with E-state index in [1.165, 1.54) is 6.33 Å². The highest BCUT2D eigenvalue weighted by atomic mass is 15.0. The molecule has 0 aliphatic heterocycles. The van der Waals surface area contributed by atoms with Crippen LogP contribution in [-0.4, -0.2) is 26.5 Å². The van der Waals surface area contributed by atoms with Crippen LogP contribution in [0, 0.1) is 0 Å². The van der Waals surface area contributed by atoms with Crippen LogP contribution in [0.2, 0.25) is 0 Å². The Bertz CT molecular complexity index is 525. The van der Waals surface area contributed by atoms with Gasteiger partial charge < -0.3 is 5.32 Å². The van der Waals surface area contributed by atoms with Crippen molar-refractivity contribution in [2.75, 3.05) is 11.9 Å². The molecule has 0 saturated carbocycles. The van der Waals surface area contributed by atoms with Crippen LogP contribution in [0.1, 0.15) is 38.7 Å². The number of hydrogen-bond donors (Lipinski definition) is 1. The Morgan fingerprint density at radius 1 is 1.11 bits per heavy atom. The van der Waals surface area contributed by atoms with E-state index in [0.717, 1.165) is 35.6 Å². The molecule has 2 heterocycles. The maximum atomic E-state index is 4.41. The molecular formula is C14H19N5. The molecule has 0 unspecified atom stereocenters. The van der Waals surface area contributed by atoms with E-state index in [9.17, 15) is 0 Å². The lowest BCUT2D eigenvalue weighted by Gasteiger charge is -2.16. The summed E-state index contributed by atoms with van der Waals surface area (Å²) in [6, 6.07) is 0. The summed E-state index contributed by atoms with van der Waals surface area (Å²) in [5, 5.41) is 3.36. The van der Waals surface area contributed by atoms with Gasteiger partial charge in [-0.25, -0.2) is 19.9 Å². The van der Waals surface area contributed by atoms with Crippen molar-refractivity contribution in [1.29, 1.82) is 0 Å². The van der Waals surface area contributed by atoms with Gasteiger partial charge in [0.25, 0.3) is 0 Å². The number of rotatable bonds is 5. The SMILES string of the molecule is CCCNc1ncnc(-c2cncnc2)c1C(C)C. The lowest BCUT2D eigenvalue weighted by Crippen LogP contribution is -2.09. The number of nitrogens with zero attached hydrogens (tertiary/aromatic N) is 4. The normalized spacial score (nSPS) is 10.7. The number of anilines is 1. The van der Waals surface area contributed by atoms with Crippen molar-refractivity contribution in [3.8, 4) is 11.3 Å². The molecule has 0 saturated heterocycles. The summed E-state index contributed by atoms with van der Waals surface area (Å²) < 4.78 is 0. The van der Waals surface area contributed by atoms with E-state index in [4.69, 9.17) is 0 Å². The highest BCUT2D eigenvalue weighted by Crippen LogP contribution is 2.30. The molecule has 0 aliphatic carbocycles. The minimum absolute atomic E-state index is 0.329. The van der Waals surface area contributed by atoms with Gasteiger partial charge in [0.05, 0.1) is 5.69 Å². The molecule has 1 N–H and O–H groups in total. The molecule has 0 aliphatic rings. The third-order valence-electron chi connectivity index (χ3n) is 2.84. The summed E-state index contributed by atoms with van der Waals surface area (Å²) in [6.07, 6.45) is 7.74. The molecule has 5 heteroatoms. The van der Waals surface area contributed by atoms with Gasteiger partial charge >= 0.3 is 0 Å². The van der Waals surface area contributed by atoms with E-state index in [2.05, 4.69) is 46.0 Å². The Morgan fingerprint density at radius 2 is 1.84 bits per heavy atom. The Morgan fingerprint density at radius 3 is 2.47 bits per heavy atom. The molecule has 2 aromatic rings. The fraction of sp³-hybridized carbons (Fsp3) is 0.429. The minimum Gasteiger partial charge on any atom is -0.370 e. The van der Waals surface area contributed by atoms with Gasteiger partial charge in [-0.3, -0.25) is 0 Å². The molecule has 100 valence electrons. The molecule has 5 nitrogen and oxygen atoms in total. The molecule has 0 radical (unpaired) electrons. The van der Waals surface area contributed by atoms with Crippen LogP contribution >= 0.6 is 0 Å². The van der Waals surface area contributed by atoms with Crippen molar-refractivity contribution in [3.05, 3.63) is 30.6 Å². The largest absolute Gasteiger partial charge is 0.370 e. The van der Waals surface area contributed by atoms with Gasteiger partial charge in [-0.2, -0.15) is 0 Å². The van der Waals surface area contributed by atoms with Gasteiger partial charge in [-0.15, -0.1) is 0 Å². The lowest BCUT2D eigenvalue weighted by atomic mass is 9.99. The first kappa shape index (κ1) is 13.4. The summed E-state index contributed by atoms with van der Waals surface area (Å²) in [5.41, 5.74) is 2.95. The highest BCUT2D eigenvalue weighted by Gasteiger charge is 2.16. The van der Waals surface area contributed by atoms with Crippen molar-refractivity contribution in [2.24, 2.45) is 0 Å². The van der Waals surface area contributed by atoms with E-state index in [-0.39, 0.29) is 0 Å². The Labute approximate surface area is 113 Å². The average Bonchev–Trinajstić information content (AvgIpc) is 2.45. The molecule has 2 aromatic heterocycles. The van der Waals surface area contributed by atoms with Crippen LogP contribution in [0.5, 0.6) is 0 Å². The molecule has 0 amide bonds. The van der Waals surface area contributed by atoms with Gasteiger partial charge in [-0.1, -0.05) is 20.8 Å². The van der Waals surface area contributed by atoms with Crippen LogP contribution in [0.3, 0.4) is 0 Å². The first-order valence-electron chi connectivity index (χ1n) is 6.58. The van der Waals surface area contributed by atoms with Gasteiger partial charge in [0.2, 0.25) is 0 Å². The van der Waals surface area contributed by atoms with Gasteiger partial charge in [0.15, 0.2) is 0 Å². The summed E-state index contributed by atoms with van der Waals surface area (Å²) >= 11 is 0. The van der Waals surface area contributed by atoms with Crippen LogP contribution in [0.4, 0.5) is 5.82 Å². The predicted octanol–water partition coefficient (Wildman–Crippen LogP) is 2.88. The fourth-order valence-electron chi connectivity index (χ4n) is 1.98. The smallest absolute Gasteiger partial charge is 0.133 e. The third kappa shape index (κ3) is 3.05. The van der Waals surface area contributed by atoms with Crippen molar-refractivity contribution < 1.29 is 0 Å². The number of aromatic nitrogens is 4. The average molecular weight is 257 g/mol. The van der Waals surface area contributed by atoms with E-state index in [0.29, 0.717) is 5.92 Å². The molecular weight excluding hydrogens is 238 g/mol. The standard InChI is InChI=1S/C14H19N5/c1-4-5-17-14-12(10(2)3)13(18-9-19-14)11-6-15-8-16-7-11/h6-10H,4-5H2,1-3H3,(H,17,18,19). The Hall–Kier alpha value is -2.04. The van der Waals surface area contributed by atoms with Crippen molar-refractivity contribution in [3.63, 3.8) is 0 Å². The molecule has 19 heavy (non-hydrogen) atoms. The topological polar surface area (TPSA) is 63.6 Å². The summed E-state index contributed by atoms with van der Waals surface area (Å²) in [4.78, 5) is 16.9. The van der Waals surface area contributed by atoms with E-state index < -0.39 is 0 Å². The maximum absolute atomic E-state index is 4.41. The number of nitrogens with one attached hydrogen (secondary N) is 1. The van der Waals surface area contributed by atoms with E-state index >= 15 is 0 Å². The van der Waals surface area contributed by atoms with Crippen LogP contribution in [-0.2, 0) is 0 Å². The monoisotopic (exact) mass is 257 g/mol. The van der Waals surface area contributed by atoms with Crippen LogP contribution < -0.4 is 5.32 Å². The second kappa shape index (κ2) is 6.22. The zero-order valence-electron chi connectivity index (χ0n) is 11.6.